The first-order valence-electron chi connectivity index (χ1n) is 6.48. The number of carbonyl (C=O) groups excluding carboxylic acids is 1. The maximum absolute atomic E-state index is 12.2. The molecule has 1 aliphatic rings. The number of hydrogen-bond acceptors (Lipinski definition) is 3. The average Bonchev–Trinajstić information content (AvgIpc) is 2.46. The quantitative estimate of drug-likeness (QED) is 0.865. The molecule has 6 heteroatoms. The molecule has 1 heterocycles. The van der Waals surface area contributed by atoms with Crippen LogP contribution in [0.4, 0.5) is 0 Å². The molecule has 4 nitrogen and oxygen atoms in total. The van der Waals surface area contributed by atoms with Gasteiger partial charge < -0.3 is 15.2 Å². The molecule has 2 rings (SSSR count). The van der Waals surface area contributed by atoms with Crippen molar-refractivity contribution in [2.75, 3.05) is 26.4 Å². The SMILES string of the molecule is O=C(NCC1(CO)CCOCC1)c1ccc(Cl)cc1Br. The van der Waals surface area contributed by atoms with Gasteiger partial charge in [-0.25, -0.2) is 0 Å². The second-order valence-electron chi connectivity index (χ2n) is 5.08. The van der Waals surface area contributed by atoms with Crippen molar-refractivity contribution in [3.63, 3.8) is 0 Å². The number of amides is 1. The van der Waals surface area contributed by atoms with Crippen LogP contribution in [0.3, 0.4) is 0 Å². The van der Waals surface area contributed by atoms with Crippen molar-refractivity contribution < 1.29 is 14.6 Å². The zero-order chi connectivity index (χ0) is 14.6. The van der Waals surface area contributed by atoms with Gasteiger partial charge in [-0.3, -0.25) is 4.79 Å². The van der Waals surface area contributed by atoms with Crippen LogP contribution in [0.25, 0.3) is 0 Å². The van der Waals surface area contributed by atoms with E-state index in [4.69, 9.17) is 16.3 Å². The van der Waals surface area contributed by atoms with Gasteiger partial charge in [0.2, 0.25) is 0 Å². The van der Waals surface area contributed by atoms with E-state index in [0.717, 1.165) is 12.8 Å². The summed E-state index contributed by atoms with van der Waals surface area (Å²) in [6.07, 6.45) is 1.51. The van der Waals surface area contributed by atoms with E-state index in [9.17, 15) is 9.90 Å². The third-order valence-corrected chi connectivity index (χ3v) is 4.58. The first-order chi connectivity index (χ1) is 9.56. The minimum Gasteiger partial charge on any atom is -0.396 e. The van der Waals surface area contributed by atoms with E-state index in [0.29, 0.717) is 34.8 Å². The molecule has 0 aromatic heterocycles. The highest BCUT2D eigenvalue weighted by molar-refractivity contribution is 9.10. The molecule has 1 aromatic carbocycles. The lowest BCUT2D eigenvalue weighted by Crippen LogP contribution is -2.43. The normalized spacial score (nSPS) is 17.8. The Labute approximate surface area is 131 Å². The Hall–Kier alpha value is -0.620. The van der Waals surface area contributed by atoms with Crippen LogP contribution in [0.5, 0.6) is 0 Å². The molecule has 1 saturated heterocycles. The van der Waals surface area contributed by atoms with Crippen LogP contribution in [0.2, 0.25) is 5.02 Å². The number of nitrogens with one attached hydrogen (secondary N) is 1. The Balaban J connectivity index is 2.00. The molecule has 0 spiro atoms. The monoisotopic (exact) mass is 361 g/mol. The summed E-state index contributed by atoms with van der Waals surface area (Å²) in [6.45, 7) is 1.75. The Morgan fingerprint density at radius 2 is 2.15 bits per heavy atom. The summed E-state index contributed by atoms with van der Waals surface area (Å²) in [7, 11) is 0. The number of benzene rings is 1. The van der Waals surface area contributed by atoms with Gasteiger partial charge in [-0.2, -0.15) is 0 Å². The second kappa shape index (κ2) is 6.89. The van der Waals surface area contributed by atoms with Gasteiger partial charge in [-0.05, 0) is 47.0 Å². The maximum Gasteiger partial charge on any atom is 0.252 e. The van der Waals surface area contributed by atoms with Gasteiger partial charge in [0.05, 0.1) is 12.2 Å². The summed E-state index contributed by atoms with van der Waals surface area (Å²) in [6, 6.07) is 5.04. The molecule has 0 unspecified atom stereocenters. The molecule has 0 radical (unpaired) electrons. The van der Waals surface area contributed by atoms with Crippen molar-refractivity contribution in [2.45, 2.75) is 12.8 Å². The first kappa shape index (κ1) is 15.8. The van der Waals surface area contributed by atoms with Gasteiger partial charge in [-0.1, -0.05) is 11.6 Å². The highest BCUT2D eigenvalue weighted by Crippen LogP contribution is 2.29. The van der Waals surface area contributed by atoms with Crippen molar-refractivity contribution in [2.24, 2.45) is 5.41 Å². The molecular weight excluding hydrogens is 346 g/mol. The smallest absolute Gasteiger partial charge is 0.252 e. The van der Waals surface area contributed by atoms with E-state index in [2.05, 4.69) is 21.2 Å². The van der Waals surface area contributed by atoms with Crippen molar-refractivity contribution in [3.8, 4) is 0 Å². The molecule has 1 aliphatic heterocycles. The topological polar surface area (TPSA) is 58.6 Å². The molecule has 2 N–H and O–H groups in total. The fraction of sp³-hybridized carbons (Fsp3) is 0.500. The Kier molecular flexibility index (Phi) is 5.43. The van der Waals surface area contributed by atoms with Gasteiger partial charge >= 0.3 is 0 Å². The summed E-state index contributed by atoms with van der Waals surface area (Å²) in [4.78, 5) is 12.2. The van der Waals surface area contributed by atoms with Gasteiger partial charge in [0.15, 0.2) is 0 Å². The standard InChI is InChI=1S/C14H17BrClNO3/c15-12-7-10(16)1-2-11(12)13(19)17-8-14(9-18)3-5-20-6-4-14/h1-2,7,18H,3-6,8-9H2,(H,17,19). The predicted octanol–water partition coefficient (Wildman–Crippen LogP) is 2.62. The zero-order valence-electron chi connectivity index (χ0n) is 11.0. The number of hydrogen-bond donors (Lipinski definition) is 2. The van der Waals surface area contributed by atoms with Crippen LogP contribution in [0.15, 0.2) is 22.7 Å². The van der Waals surface area contributed by atoms with Crippen LogP contribution in [-0.2, 0) is 4.74 Å². The van der Waals surface area contributed by atoms with E-state index < -0.39 is 0 Å². The predicted molar refractivity (Wildman–Crippen MR) is 81.1 cm³/mol. The maximum atomic E-state index is 12.2. The van der Waals surface area contributed by atoms with E-state index in [1.807, 2.05) is 0 Å². The summed E-state index contributed by atoms with van der Waals surface area (Å²) < 4.78 is 5.96. The molecule has 1 aromatic rings. The van der Waals surface area contributed by atoms with Gasteiger partial charge in [0.1, 0.15) is 0 Å². The Bertz CT molecular complexity index is 489. The third kappa shape index (κ3) is 3.73. The molecule has 0 bridgehead atoms. The Morgan fingerprint density at radius 1 is 1.45 bits per heavy atom. The van der Waals surface area contributed by atoms with Crippen LogP contribution >= 0.6 is 27.5 Å². The van der Waals surface area contributed by atoms with Crippen LogP contribution < -0.4 is 5.32 Å². The molecule has 0 atom stereocenters. The average molecular weight is 363 g/mol. The number of aliphatic hydroxyl groups is 1. The summed E-state index contributed by atoms with van der Waals surface area (Å²) >= 11 is 9.19. The molecule has 0 aliphatic carbocycles. The molecule has 1 amide bonds. The van der Waals surface area contributed by atoms with Crippen molar-refractivity contribution in [3.05, 3.63) is 33.3 Å². The fourth-order valence-corrected chi connectivity index (χ4v) is 3.09. The minimum absolute atomic E-state index is 0.0540. The summed E-state index contributed by atoms with van der Waals surface area (Å²) in [5.41, 5.74) is 0.266. The fourth-order valence-electron chi connectivity index (χ4n) is 2.23. The van der Waals surface area contributed by atoms with Crippen LogP contribution in [0.1, 0.15) is 23.2 Å². The van der Waals surface area contributed by atoms with Gasteiger partial charge in [-0.15, -0.1) is 0 Å². The molecule has 20 heavy (non-hydrogen) atoms. The highest BCUT2D eigenvalue weighted by Gasteiger charge is 2.32. The minimum atomic E-state index is -0.271. The second-order valence-corrected chi connectivity index (χ2v) is 6.37. The number of halogens is 2. The van der Waals surface area contributed by atoms with E-state index in [-0.39, 0.29) is 17.9 Å². The summed E-state index contributed by atoms with van der Waals surface area (Å²) in [5.74, 6) is -0.173. The van der Waals surface area contributed by atoms with Crippen molar-refractivity contribution >= 4 is 33.4 Å². The number of rotatable bonds is 4. The molecule has 1 fully saturated rings. The lowest BCUT2D eigenvalue weighted by Gasteiger charge is -2.35. The number of aliphatic hydroxyl groups excluding tert-OH is 1. The third-order valence-electron chi connectivity index (χ3n) is 3.69. The number of ether oxygens (including phenoxy) is 1. The first-order valence-corrected chi connectivity index (χ1v) is 7.65. The van der Waals surface area contributed by atoms with Crippen LogP contribution in [0, 0.1) is 5.41 Å². The summed E-state index contributed by atoms with van der Waals surface area (Å²) in [5, 5.41) is 13.0. The molecule has 0 saturated carbocycles. The lowest BCUT2D eigenvalue weighted by atomic mass is 9.81. The van der Waals surface area contributed by atoms with Crippen molar-refractivity contribution in [1.82, 2.24) is 5.32 Å². The molecular formula is C14H17BrClNO3. The zero-order valence-corrected chi connectivity index (χ0v) is 13.3. The van der Waals surface area contributed by atoms with Crippen molar-refractivity contribution in [1.29, 1.82) is 0 Å². The van der Waals surface area contributed by atoms with E-state index >= 15 is 0 Å². The largest absolute Gasteiger partial charge is 0.396 e. The van der Waals surface area contributed by atoms with Gasteiger partial charge in [0.25, 0.3) is 5.91 Å². The lowest BCUT2D eigenvalue weighted by molar-refractivity contribution is -0.0146. The molecule has 110 valence electrons. The highest BCUT2D eigenvalue weighted by atomic mass is 79.9. The Morgan fingerprint density at radius 3 is 2.75 bits per heavy atom. The van der Waals surface area contributed by atoms with Gasteiger partial charge in [0, 0.05) is 34.7 Å². The van der Waals surface area contributed by atoms with Crippen LogP contribution in [-0.4, -0.2) is 37.4 Å². The van der Waals surface area contributed by atoms with E-state index in [1.54, 1.807) is 18.2 Å². The number of carbonyl (C=O) groups is 1. The van der Waals surface area contributed by atoms with E-state index in [1.165, 1.54) is 0 Å².